The van der Waals surface area contributed by atoms with Gasteiger partial charge in [0.1, 0.15) is 5.75 Å². The van der Waals surface area contributed by atoms with Gasteiger partial charge in [0.15, 0.2) is 0 Å². The number of thiazole rings is 1. The number of allylic oxidation sites excluding steroid dienone is 1. The molecule has 0 aliphatic heterocycles. The van der Waals surface area contributed by atoms with Crippen LogP contribution in [0.4, 0.5) is 0 Å². The fourth-order valence-corrected chi connectivity index (χ4v) is 2.60. The molecule has 0 radical (unpaired) electrons. The van der Waals surface area contributed by atoms with Gasteiger partial charge in [0.2, 0.25) is 4.80 Å². The lowest BCUT2D eigenvalue weighted by molar-refractivity contribution is 0.415. The van der Waals surface area contributed by atoms with Crippen LogP contribution in [0.15, 0.2) is 52.7 Å². The van der Waals surface area contributed by atoms with E-state index < -0.39 is 0 Å². The van der Waals surface area contributed by atoms with Crippen molar-refractivity contribution in [3.05, 3.63) is 52.0 Å². The van der Waals surface area contributed by atoms with Gasteiger partial charge in [0, 0.05) is 11.9 Å². The minimum absolute atomic E-state index is 0.556. The molecule has 0 saturated heterocycles. The lowest BCUT2D eigenvalue weighted by Crippen LogP contribution is -2.14. The van der Waals surface area contributed by atoms with Gasteiger partial charge in [-0.1, -0.05) is 11.2 Å². The molecule has 19 heavy (non-hydrogen) atoms. The minimum Gasteiger partial charge on any atom is -0.497 e. The van der Waals surface area contributed by atoms with Crippen molar-refractivity contribution in [3.8, 4) is 17.0 Å². The zero-order valence-corrected chi connectivity index (χ0v) is 11.3. The van der Waals surface area contributed by atoms with E-state index in [0.29, 0.717) is 11.3 Å². The van der Waals surface area contributed by atoms with Gasteiger partial charge in [-0.15, -0.1) is 22.8 Å². The first-order valence-corrected chi connectivity index (χ1v) is 6.48. The summed E-state index contributed by atoms with van der Waals surface area (Å²) >= 11 is 1.37. The minimum atomic E-state index is 0.556. The lowest BCUT2D eigenvalue weighted by atomic mass is 10.1. The van der Waals surface area contributed by atoms with Crippen LogP contribution in [0.3, 0.4) is 0 Å². The van der Waals surface area contributed by atoms with Crippen molar-refractivity contribution in [1.29, 1.82) is 0 Å². The van der Waals surface area contributed by atoms with Crippen LogP contribution in [0.1, 0.15) is 0 Å². The summed E-state index contributed by atoms with van der Waals surface area (Å²) in [6, 6.07) is 7.69. The number of nitroso groups, excluding NO2 is 1. The molecule has 98 valence electrons. The predicted molar refractivity (Wildman–Crippen MR) is 75.9 cm³/mol. The van der Waals surface area contributed by atoms with Crippen LogP contribution in [0.2, 0.25) is 0 Å². The van der Waals surface area contributed by atoms with Crippen LogP contribution in [-0.2, 0) is 6.54 Å². The molecule has 2 aromatic rings. The smallest absolute Gasteiger partial charge is 0.214 e. The molecular weight excluding hydrogens is 262 g/mol. The molecule has 0 N–H and O–H groups in total. The molecule has 5 nitrogen and oxygen atoms in total. The molecule has 0 spiro atoms. The SMILES string of the molecule is C=CCn1c(-c2ccc(OC)cc2)cs/c1=N/N=O. The van der Waals surface area contributed by atoms with Crippen LogP contribution in [0.25, 0.3) is 11.3 Å². The Morgan fingerprint density at radius 2 is 2.16 bits per heavy atom. The van der Waals surface area contributed by atoms with Gasteiger partial charge < -0.3 is 9.30 Å². The molecule has 1 aromatic heterocycles. The summed E-state index contributed by atoms with van der Waals surface area (Å²) in [5, 5.41) is 8.12. The van der Waals surface area contributed by atoms with E-state index in [-0.39, 0.29) is 0 Å². The Kier molecular flexibility index (Phi) is 4.25. The first kappa shape index (κ1) is 13.2. The van der Waals surface area contributed by atoms with Crippen molar-refractivity contribution in [2.75, 3.05) is 7.11 Å². The first-order valence-electron chi connectivity index (χ1n) is 5.60. The van der Waals surface area contributed by atoms with E-state index >= 15 is 0 Å². The third kappa shape index (κ3) is 2.79. The van der Waals surface area contributed by atoms with Crippen molar-refractivity contribution < 1.29 is 4.74 Å². The maximum atomic E-state index is 10.3. The summed E-state index contributed by atoms with van der Waals surface area (Å²) in [6.07, 6.45) is 1.75. The zero-order chi connectivity index (χ0) is 13.7. The van der Waals surface area contributed by atoms with E-state index in [2.05, 4.69) is 17.0 Å². The van der Waals surface area contributed by atoms with Crippen molar-refractivity contribution in [1.82, 2.24) is 4.57 Å². The van der Waals surface area contributed by atoms with Crippen LogP contribution in [0.5, 0.6) is 5.75 Å². The van der Waals surface area contributed by atoms with Gasteiger partial charge in [-0.3, -0.25) is 0 Å². The number of hydrogen-bond acceptors (Lipinski definition) is 4. The van der Waals surface area contributed by atoms with Crippen LogP contribution in [0, 0.1) is 4.91 Å². The largest absolute Gasteiger partial charge is 0.497 e. The average molecular weight is 275 g/mol. The van der Waals surface area contributed by atoms with Crippen molar-refractivity contribution in [3.63, 3.8) is 0 Å². The number of aromatic nitrogens is 1. The van der Waals surface area contributed by atoms with Gasteiger partial charge in [-0.05, 0) is 29.8 Å². The Morgan fingerprint density at radius 1 is 1.42 bits per heavy atom. The number of ether oxygens (including phenoxy) is 1. The van der Waals surface area contributed by atoms with E-state index in [9.17, 15) is 4.91 Å². The number of nitrogens with zero attached hydrogens (tertiary/aromatic N) is 3. The summed E-state index contributed by atoms with van der Waals surface area (Å²) in [5.41, 5.74) is 1.99. The van der Waals surface area contributed by atoms with E-state index in [0.717, 1.165) is 17.0 Å². The number of rotatable bonds is 5. The normalized spacial score (nSPS) is 11.3. The summed E-state index contributed by atoms with van der Waals surface area (Å²) in [5.74, 6) is 0.800. The molecule has 0 bridgehead atoms. The van der Waals surface area contributed by atoms with E-state index in [1.807, 2.05) is 34.2 Å². The highest BCUT2D eigenvalue weighted by atomic mass is 32.1. The molecule has 0 atom stereocenters. The van der Waals surface area contributed by atoms with Crippen molar-refractivity contribution >= 4 is 11.3 Å². The monoisotopic (exact) mass is 275 g/mol. The van der Waals surface area contributed by atoms with Crippen molar-refractivity contribution in [2.24, 2.45) is 10.4 Å². The second-order valence-electron chi connectivity index (χ2n) is 3.71. The highest BCUT2D eigenvalue weighted by Gasteiger charge is 2.07. The third-order valence-electron chi connectivity index (χ3n) is 2.62. The summed E-state index contributed by atoms with van der Waals surface area (Å²) in [6.45, 7) is 4.28. The fourth-order valence-electron chi connectivity index (χ4n) is 1.74. The molecule has 0 unspecified atom stereocenters. The molecule has 6 heteroatoms. The van der Waals surface area contributed by atoms with Gasteiger partial charge in [0.05, 0.1) is 18.1 Å². The van der Waals surface area contributed by atoms with E-state index in [4.69, 9.17) is 4.74 Å². The second kappa shape index (κ2) is 6.10. The molecule has 0 saturated carbocycles. The Balaban J connectivity index is 2.51. The molecule has 1 heterocycles. The molecule has 0 amide bonds. The van der Waals surface area contributed by atoms with E-state index in [1.165, 1.54) is 11.3 Å². The highest BCUT2D eigenvalue weighted by Crippen LogP contribution is 2.23. The van der Waals surface area contributed by atoms with Gasteiger partial charge in [-0.25, -0.2) is 0 Å². The topological polar surface area (TPSA) is 55.9 Å². The summed E-state index contributed by atoms with van der Waals surface area (Å²) in [7, 11) is 1.63. The molecule has 2 rings (SSSR count). The van der Waals surface area contributed by atoms with Gasteiger partial charge in [-0.2, -0.15) is 0 Å². The zero-order valence-electron chi connectivity index (χ0n) is 10.4. The Hall–Kier alpha value is -2.21. The Morgan fingerprint density at radius 3 is 2.74 bits per heavy atom. The fraction of sp³-hybridized carbons (Fsp3) is 0.154. The van der Waals surface area contributed by atoms with Crippen LogP contribution >= 0.6 is 11.3 Å². The maximum absolute atomic E-state index is 10.3. The molecule has 0 fully saturated rings. The molecule has 1 aromatic carbocycles. The van der Waals surface area contributed by atoms with Gasteiger partial charge in [0.25, 0.3) is 0 Å². The molecule has 0 aliphatic rings. The average Bonchev–Trinajstić information content (AvgIpc) is 2.83. The van der Waals surface area contributed by atoms with Crippen LogP contribution < -0.4 is 9.54 Å². The third-order valence-corrected chi connectivity index (χ3v) is 3.48. The number of hydrogen-bond donors (Lipinski definition) is 0. The summed E-state index contributed by atoms with van der Waals surface area (Å²) in [4.78, 5) is 10.9. The summed E-state index contributed by atoms with van der Waals surface area (Å²) < 4.78 is 7.02. The lowest BCUT2D eigenvalue weighted by Gasteiger charge is -2.06. The standard InChI is InChI=1S/C13H13N3O2S/c1-3-8-16-12(9-19-13(16)14-15-17)10-4-6-11(18-2)7-5-10/h3-7,9H,1,8H2,2H3/b14-13+. The van der Waals surface area contributed by atoms with Gasteiger partial charge >= 0.3 is 0 Å². The second-order valence-corrected chi connectivity index (χ2v) is 4.55. The number of benzene rings is 1. The van der Waals surface area contributed by atoms with E-state index in [1.54, 1.807) is 13.2 Å². The number of methoxy groups -OCH3 is 1. The maximum Gasteiger partial charge on any atom is 0.214 e. The quantitative estimate of drug-likeness (QED) is 0.478. The first-order chi connectivity index (χ1) is 9.30. The van der Waals surface area contributed by atoms with Crippen LogP contribution in [-0.4, -0.2) is 11.7 Å². The molecule has 0 aliphatic carbocycles. The highest BCUT2D eigenvalue weighted by molar-refractivity contribution is 7.07. The predicted octanol–water partition coefficient (Wildman–Crippen LogP) is 2.99. The van der Waals surface area contributed by atoms with Crippen molar-refractivity contribution in [2.45, 2.75) is 6.54 Å². The molecular formula is C13H13N3O2S. The Labute approximate surface area is 114 Å². The Bertz CT molecular complexity index is 641.